The van der Waals surface area contributed by atoms with Crippen LogP contribution in [0.2, 0.25) is 0 Å². The zero-order chi connectivity index (χ0) is 11.1. The molecule has 15 heavy (non-hydrogen) atoms. The molecule has 1 heterocycles. The van der Waals surface area contributed by atoms with E-state index in [1.165, 1.54) is 6.92 Å². The Bertz CT molecular complexity index is 299. The Morgan fingerprint density at radius 2 is 2.53 bits per heavy atom. The van der Waals surface area contributed by atoms with Gasteiger partial charge in [-0.25, -0.2) is 0 Å². The molecule has 1 spiro atoms. The van der Waals surface area contributed by atoms with Crippen molar-refractivity contribution in [2.45, 2.75) is 44.0 Å². The van der Waals surface area contributed by atoms with E-state index >= 15 is 0 Å². The molecule has 0 radical (unpaired) electrons. The van der Waals surface area contributed by atoms with Crippen molar-refractivity contribution in [3.8, 4) is 0 Å². The molecule has 1 aliphatic carbocycles. The molecule has 2 fully saturated rings. The minimum atomic E-state index is -0.410. The van der Waals surface area contributed by atoms with Crippen molar-refractivity contribution in [3.05, 3.63) is 12.2 Å². The van der Waals surface area contributed by atoms with Crippen molar-refractivity contribution in [2.24, 2.45) is 0 Å². The van der Waals surface area contributed by atoms with Gasteiger partial charge in [0, 0.05) is 13.3 Å². The molecule has 84 valence electrons. The monoisotopic (exact) mass is 212 g/mol. The standard InChI is InChI=1S/C11H16O4/c1-7-3-4-9(13)5-11(7)10(15-11)6-14-8(2)12/h9-10,13H,1,3-6H2,2H3/t9-,10-,11+/m0/s1. The van der Waals surface area contributed by atoms with E-state index in [1.54, 1.807) is 0 Å². The Kier molecular flexibility index (Phi) is 2.56. The molecule has 4 heteroatoms. The van der Waals surface area contributed by atoms with Crippen molar-refractivity contribution in [2.75, 3.05) is 6.61 Å². The average Bonchev–Trinajstić information content (AvgIpc) is 2.84. The number of hydrogen-bond donors (Lipinski definition) is 1. The third-order valence-electron chi connectivity index (χ3n) is 3.17. The molecule has 1 saturated carbocycles. The van der Waals surface area contributed by atoms with E-state index in [9.17, 15) is 9.90 Å². The summed E-state index contributed by atoms with van der Waals surface area (Å²) in [5, 5.41) is 9.57. The second kappa shape index (κ2) is 3.61. The average molecular weight is 212 g/mol. The zero-order valence-corrected chi connectivity index (χ0v) is 8.86. The third-order valence-corrected chi connectivity index (χ3v) is 3.17. The number of carbonyl (C=O) groups is 1. The molecule has 0 amide bonds. The normalized spacial score (nSPS) is 39.2. The van der Waals surface area contributed by atoms with Gasteiger partial charge in [0.25, 0.3) is 0 Å². The highest BCUT2D eigenvalue weighted by atomic mass is 16.6. The summed E-state index contributed by atoms with van der Waals surface area (Å²) in [6.07, 6.45) is 1.70. The van der Waals surface area contributed by atoms with Crippen LogP contribution in [0, 0.1) is 0 Å². The highest BCUT2D eigenvalue weighted by Crippen LogP contribution is 2.50. The number of ether oxygens (including phenoxy) is 2. The van der Waals surface area contributed by atoms with Crippen molar-refractivity contribution < 1.29 is 19.4 Å². The van der Waals surface area contributed by atoms with Crippen LogP contribution in [0.4, 0.5) is 0 Å². The van der Waals surface area contributed by atoms with Crippen LogP contribution < -0.4 is 0 Å². The Hall–Kier alpha value is -0.870. The second-order valence-electron chi connectivity index (χ2n) is 4.30. The van der Waals surface area contributed by atoms with Gasteiger partial charge in [-0.2, -0.15) is 0 Å². The van der Waals surface area contributed by atoms with Gasteiger partial charge in [0.2, 0.25) is 0 Å². The fraction of sp³-hybridized carbons (Fsp3) is 0.727. The van der Waals surface area contributed by atoms with Gasteiger partial charge >= 0.3 is 5.97 Å². The van der Waals surface area contributed by atoms with Gasteiger partial charge in [-0.05, 0) is 18.4 Å². The lowest BCUT2D eigenvalue weighted by Gasteiger charge is -2.26. The van der Waals surface area contributed by atoms with Crippen LogP contribution >= 0.6 is 0 Å². The van der Waals surface area contributed by atoms with Crippen LogP contribution in [0.25, 0.3) is 0 Å². The molecule has 4 nitrogen and oxygen atoms in total. The van der Waals surface area contributed by atoms with E-state index in [0.717, 1.165) is 18.4 Å². The molecule has 3 atom stereocenters. The van der Waals surface area contributed by atoms with Gasteiger partial charge in [0.15, 0.2) is 0 Å². The number of aliphatic hydroxyl groups excluding tert-OH is 1. The Morgan fingerprint density at radius 1 is 1.80 bits per heavy atom. The Morgan fingerprint density at radius 3 is 3.20 bits per heavy atom. The Labute approximate surface area is 88.9 Å². The van der Waals surface area contributed by atoms with Gasteiger partial charge in [0.05, 0.1) is 6.10 Å². The first-order valence-corrected chi connectivity index (χ1v) is 5.22. The smallest absolute Gasteiger partial charge is 0.302 e. The summed E-state index contributed by atoms with van der Waals surface area (Å²) in [6, 6.07) is 0. The molecule has 1 N–H and O–H groups in total. The van der Waals surface area contributed by atoms with Crippen LogP contribution in [0.15, 0.2) is 12.2 Å². The van der Waals surface area contributed by atoms with E-state index in [0.29, 0.717) is 6.42 Å². The van der Waals surface area contributed by atoms with Gasteiger partial charge in [0.1, 0.15) is 18.3 Å². The van der Waals surface area contributed by atoms with Gasteiger partial charge in [-0.1, -0.05) is 6.58 Å². The number of aliphatic hydroxyl groups is 1. The first-order valence-electron chi connectivity index (χ1n) is 5.22. The predicted molar refractivity (Wildman–Crippen MR) is 53.2 cm³/mol. The maximum absolute atomic E-state index is 10.6. The topological polar surface area (TPSA) is 59.1 Å². The number of epoxide rings is 1. The molecule has 2 aliphatic rings. The molecule has 0 unspecified atom stereocenters. The molecule has 1 saturated heterocycles. The first-order chi connectivity index (χ1) is 7.04. The number of rotatable bonds is 2. The molecular weight excluding hydrogens is 196 g/mol. The molecule has 2 rings (SSSR count). The van der Waals surface area contributed by atoms with Crippen LogP contribution in [0.5, 0.6) is 0 Å². The van der Waals surface area contributed by atoms with Crippen LogP contribution in [0.1, 0.15) is 26.2 Å². The van der Waals surface area contributed by atoms with E-state index < -0.39 is 5.60 Å². The summed E-state index contributed by atoms with van der Waals surface area (Å²) in [4.78, 5) is 10.6. The van der Waals surface area contributed by atoms with Crippen molar-refractivity contribution in [3.63, 3.8) is 0 Å². The van der Waals surface area contributed by atoms with Gasteiger partial charge in [-0.15, -0.1) is 0 Å². The lowest BCUT2D eigenvalue weighted by Crippen LogP contribution is -2.31. The molecule has 1 aliphatic heterocycles. The first kappa shape index (κ1) is 10.6. The highest BCUT2D eigenvalue weighted by Gasteiger charge is 2.60. The zero-order valence-electron chi connectivity index (χ0n) is 8.86. The summed E-state index contributed by atoms with van der Waals surface area (Å²) in [7, 11) is 0. The quantitative estimate of drug-likeness (QED) is 0.417. The second-order valence-corrected chi connectivity index (χ2v) is 4.30. The number of esters is 1. The Balaban J connectivity index is 1.92. The molecule has 0 aromatic heterocycles. The fourth-order valence-electron chi connectivity index (χ4n) is 2.22. The highest BCUT2D eigenvalue weighted by molar-refractivity contribution is 5.66. The lowest BCUT2D eigenvalue weighted by atomic mass is 9.81. The van der Waals surface area contributed by atoms with E-state index in [-0.39, 0.29) is 24.8 Å². The largest absolute Gasteiger partial charge is 0.463 e. The summed E-state index contributed by atoms with van der Waals surface area (Å²) in [5.74, 6) is -0.303. The predicted octanol–water partition coefficient (Wildman–Crippen LogP) is 0.788. The van der Waals surface area contributed by atoms with E-state index in [1.807, 2.05) is 0 Å². The van der Waals surface area contributed by atoms with Gasteiger partial charge < -0.3 is 14.6 Å². The minimum absolute atomic E-state index is 0.108. The molecule has 0 aromatic carbocycles. The SMILES string of the molecule is C=C1CC[C@H](O)C[C@@]12O[C@H]2COC(C)=O. The summed E-state index contributed by atoms with van der Waals surface area (Å²) < 4.78 is 10.4. The summed E-state index contributed by atoms with van der Waals surface area (Å²) >= 11 is 0. The van der Waals surface area contributed by atoms with Crippen molar-refractivity contribution in [1.29, 1.82) is 0 Å². The van der Waals surface area contributed by atoms with Crippen LogP contribution in [-0.2, 0) is 14.3 Å². The van der Waals surface area contributed by atoms with E-state index in [4.69, 9.17) is 9.47 Å². The summed E-state index contributed by atoms with van der Waals surface area (Å²) in [5.41, 5.74) is 0.609. The number of hydrogen-bond acceptors (Lipinski definition) is 4. The fourth-order valence-corrected chi connectivity index (χ4v) is 2.22. The molecule has 0 bridgehead atoms. The third kappa shape index (κ3) is 1.92. The summed E-state index contributed by atoms with van der Waals surface area (Å²) in [6.45, 7) is 5.60. The van der Waals surface area contributed by atoms with Crippen LogP contribution in [0.3, 0.4) is 0 Å². The maximum Gasteiger partial charge on any atom is 0.302 e. The minimum Gasteiger partial charge on any atom is -0.463 e. The molecular formula is C11H16O4. The van der Waals surface area contributed by atoms with Crippen molar-refractivity contribution >= 4 is 5.97 Å². The van der Waals surface area contributed by atoms with E-state index in [2.05, 4.69) is 6.58 Å². The van der Waals surface area contributed by atoms with Gasteiger partial charge in [-0.3, -0.25) is 4.79 Å². The van der Waals surface area contributed by atoms with Crippen LogP contribution in [-0.4, -0.2) is 35.5 Å². The van der Waals surface area contributed by atoms with Crippen molar-refractivity contribution in [1.82, 2.24) is 0 Å². The maximum atomic E-state index is 10.6. The molecule has 0 aromatic rings. The lowest BCUT2D eigenvalue weighted by molar-refractivity contribution is -0.141. The number of carbonyl (C=O) groups excluding carboxylic acids is 1.